The number of carbonyl (C=O) groups excluding carboxylic acids is 1. The van der Waals surface area contributed by atoms with Crippen LogP contribution in [0, 0.1) is 0 Å². The van der Waals surface area contributed by atoms with Gasteiger partial charge in [-0.3, -0.25) is 4.79 Å². The van der Waals surface area contributed by atoms with Crippen molar-refractivity contribution in [2.45, 2.75) is 51.6 Å². The van der Waals surface area contributed by atoms with Crippen molar-refractivity contribution < 1.29 is 18.0 Å². The van der Waals surface area contributed by atoms with Crippen LogP contribution in [0.3, 0.4) is 0 Å². The van der Waals surface area contributed by atoms with E-state index in [1.165, 1.54) is 0 Å². The first-order chi connectivity index (χ1) is 6.97. The summed E-state index contributed by atoms with van der Waals surface area (Å²) in [5.41, 5.74) is 0. The van der Waals surface area contributed by atoms with E-state index in [-0.39, 0.29) is 11.5 Å². The van der Waals surface area contributed by atoms with Crippen LogP contribution < -0.4 is 0 Å². The number of halogens is 3. The van der Waals surface area contributed by atoms with Crippen LogP contribution in [0.4, 0.5) is 13.2 Å². The minimum atomic E-state index is -1.74. The largest absolute Gasteiger partial charge is 0.287 e. The lowest BCUT2D eigenvalue weighted by Gasteiger charge is -2.12. The second kappa shape index (κ2) is 8.02. The molecule has 15 heavy (non-hydrogen) atoms. The maximum Gasteiger partial charge on any atom is 0.188 e. The number of carbonyl (C=O) groups is 1. The maximum absolute atomic E-state index is 13.0. The van der Waals surface area contributed by atoms with Gasteiger partial charge in [0, 0.05) is 18.6 Å². The minimum Gasteiger partial charge on any atom is -0.287 e. The van der Waals surface area contributed by atoms with Crippen molar-refractivity contribution >= 4 is 16.9 Å². The number of rotatable bonds is 7. The molecule has 1 nitrogen and oxygen atoms in total. The van der Waals surface area contributed by atoms with Gasteiger partial charge in [0.2, 0.25) is 0 Å². The molecule has 5 heteroatoms. The van der Waals surface area contributed by atoms with Gasteiger partial charge in [-0.05, 0) is 13.3 Å². The van der Waals surface area contributed by atoms with E-state index in [1.54, 1.807) is 6.92 Å². The van der Waals surface area contributed by atoms with E-state index >= 15 is 0 Å². The van der Waals surface area contributed by atoms with Crippen LogP contribution in [-0.4, -0.2) is 29.4 Å². The summed E-state index contributed by atoms with van der Waals surface area (Å²) in [5.74, 6) is 0.335. The highest BCUT2D eigenvalue weighted by atomic mass is 32.2. The fraction of sp³-hybridized carbons (Fsp3) is 0.900. The van der Waals surface area contributed by atoms with Crippen LogP contribution in [0.1, 0.15) is 33.1 Å². The van der Waals surface area contributed by atoms with Crippen LogP contribution in [0.25, 0.3) is 0 Å². The normalized spacial score (nSPS) is 17.1. The van der Waals surface area contributed by atoms with Gasteiger partial charge in [0.05, 0.1) is 0 Å². The van der Waals surface area contributed by atoms with Gasteiger partial charge in [0.25, 0.3) is 0 Å². The zero-order valence-corrected chi connectivity index (χ0v) is 9.83. The Morgan fingerprint density at radius 2 is 1.93 bits per heavy atom. The van der Waals surface area contributed by atoms with Gasteiger partial charge in [-0.2, -0.15) is 0 Å². The smallest absolute Gasteiger partial charge is 0.188 e. The molecule has 0 N–H and O–H groups in total. The highest BCUT2D eigenvalue weighted by molar-refractivity contribution is 8.13. The fourth-order valence-electron chi connectivity index (χ4n) is 0.952. The predicted molar refractivity (Wildman–Crippen MR) is 57.4 cm³/mol. The number of hydrogen-bond donors (Lipinski definition) is 0. The molecule has 0 rings (SSSR count). The van der Waals surface area contributed by atoms with Gasteiger partial charge in [-0.25, -0.2) is 13.2 Å². The number of hydrogen-bond acceptors (Lipinski definition) is 2. The molecule has 0 spiro atoms. The van der Waals surface area contributed by atoms with E-state index in [0.29, 0.717) is 12.2 Å². The van der Waals surface area contributed by atoms with E-state index in [4.69, 9.17) is 0 Å². The molecule has 0 aliphatic heterocycles. The summed E-state index contributed by atoms with van der Waals surface area (Å²) in [6, 6.07) is 0. The Balaban J connectivity index is 3.57. The molecule has 90 valence electrons. The molecule has 0 aliphatic carbocycles. The molecular weight excluding hydrogens is 225 g/mol. The Bertz CT molecular complexity index is 188. The van der Waals surface area contributed by atoms with Gasteiger partial charge in [0.1, 0.15) is 18.5 Å². The highest BCUT2D eigenvalue weighted by Gasteiger charge is 2.20. The summed E-state index contributed by atoms with van der Waals surface area (Å²) in [4.78, 5) is 10.8. The van der Waals surface area contributed by atoms with Crippen molar-refractivity contribution in [3.05, 3.63) is 0 Å². The SMILES string of the molecule is CCC(=O)SCCC(F)CC(F)C(C)F. The quantitative estimate of drug-likeness (QED) is 0.680. The van der Waals surface area contributed by atoms with Crippen LogP contribution in [0.15, 0.2) is 0 Å². The third-order valence-corrected chi connectivity index (χ3v) is 3.01. The molecule has 3 atom stereocenters. The molecule has 0 heterocycles. The lowest BCUT2D eigenvalue weighted by Crippen LogP contribution is -2.19. The summed E-state index contributed by atoms with van der Waals surface area (Å²) in [6.45, 7) is 2.80. The third kappa shape index (κ3) is 7.71. The van der Waals surface area contributed by atoms with Crippen molar-refractivity contribution in [2.24, 2.45) is 0 Å². The van der Waals surface area contributed by atoms with E-state index in [0.717, 1.165) is 18.7 Å². The standard InChI is InChI=1S/C10H17F3OS/c1-3-10(14)15-5-4-8(12)6-9(13)7(2)11/h7-9H,3-6H2,1-2H3. The van der Waals surface area contributed by atoms with Crippen LogP contribution in [-0.2, 0) is 4.79 Å². The van der Waals surface area contributed by atoms with Crippen molar-refractivity contribution in [1.29, 1.82) is 0 Å². The molecule has 0 fully saturated rings. The fourth-order valence-corrected chi connectivity index (χ4v) is 1.76. The van der Waals surface area contributed by atoms with Gasteiger partial charge in [-0.15, -0.1) is 0 Å². The summed E-state index contributed by atoms with van der Waals surface area (Å²) < 4.78 is 38.1. The lowest BCUT2D eigenvalue weighted by atomic mass is 10.1. The van der Waals surface area contributed by atoms with E-state index in [9.17, 15) is 18.0 Å². The Morgan fingerprint density at radius 3 is 2.40 bits per heavy atom. The summed E-state index contributed by atoms with van der Waals surface area (Å²) in [5, 5.41) is -0.00198. The van der Waals surface area contributed by atoms with Crippen LogP contribution in [0.5, 0.6) is 0 Å². The van der Waals surface area contributed by atoms with Crippen molar-refractivity contribution in [1.82, 2.24) is 0 Å². The lowest BCUT2D eigenvalue weighted by molar-refractivity contribution is -0.110. The predicted octanol–water partition coefficient (Wildman–Crippen LogP) is 3.47. The Hall–Kier alpha value is -0.190. The van der Waals surface area contributed by atoms with Crippen molar-refractivity contribution in [3.63, 3.8) is 0 Å². The molecule has 0 amide bonds. The molecule has 0 aromatic rings. The van der Waals surface area contributed by atoms with Crippen molar-refractivity contribution in [2.75, 3.05) is 5.75 Å². The van der Waals surface area contributed by atoms with Crippen LogP contribution in [0.2, 0.25) is 0 Å². The second-order valence-corrected chi connectivity index (χ2v) is 4.54. The highest BCUT2D eigenvalue weighted by Crippen LogP contribution is 2.17. The van der Waals surface area contributed by atoms with Crippen molar-refractivity contribution in [3.8, 4) is 0 Å². The summed E-state index contributed by atoms with van der Waals surface area (Å²) in [7, 11) is 0. The molecular formula is C10H17F3OS. The topological polar surface area (TPSA) is 17.1 Å². The Morgan fingerprint density at radius 1 is 1.33 bits per heavy atom. The van der Waals surface area contributed by atoms with Gasteiger partial charge >= 0.3 is 0 Å². The molecule has 0 aromatic carbocycles. The number of alkyl halides is 3. The zero-order valence-electron chi connectivity index (χ0n) is 9.01. The molecule has 0 saturated carbocycles. The molecule has 0 radical (unpaired) electrons. The van der Waals surface area contributed by atoms with Gasteiger partial charge in [0.15, 0.2) is 5.12 Å². The average molecular weight is 242 g/mol. The third-order valence-electron chi connectivity index (χ3n) is 1.96. The van der Waals surface area contributed by atoms with Gasteiger partial charge < -0.3 is 0 Å². The molecule has 3 unspecified atom stereocenters. The Kier molecular flexibility index (Phi) is 7.92. The second-order valence-electron chi connectivity index (χ2n) is 3.39. The van der Waals surface area contributed by atoms with E-state index in [1.807, 2.05) is 0 Å². The zero-order chi connectivity index (χ0) is 11.8. The summed E-state index contributed by atoms with van der Waals surface area (Å²) >= 11 is 1.05. The monoisotopic (exact) mass is 242 g/mol. The minimum absolute atomic E-state index is 0.00198. The molecule has 0 bridgehead atoms. The average Bonchev–Trinajstić information content (AvgIpc) is 2.17. The first-order valence-corrected chi connectivity index (χ1v) is 6.03. The molecule has 0 aromatic heterocycles. The maximum atomic E-state index is 13.0. The Labute approximate surface area is 92.8 Å². The van der Waals surface area contributed by atoms with Crippen LogP contribution >= 0.6 is 11.8 Å². The number of thioether (sulfide) groups is 1. The summed E-state index contributed by atoms with van der Waals surface area (Å²) in [6.07, 6.45) is -4.65. The molecule has 0 aliphatic rings. The first-order valence-electron chi connectivity index (χ1n) is 5.05. The van der Waals surface area contributed by atoms with E-state index < -0.39 is 24.9 Å². The van der Waals surface area contributed by atoms with E-state index in [2.05, 4.69) is 0 Å². The first kappa shape index (κ1) is 14.8. The van der Waals surface area contributed by atoms with Gasteiger partial charge in [-0.1, -0.05) is 18.7 Å². The molecule has 0 saturated heterocycles.